The summed E-state index contributed by atoms with van der Waals surface area (Å²) >= 11 is 0. The predicted molar refractivity (Wildman–Crippen MR) is 188 cm³/mol. The second-order valence-corrected chi connectivity index (χ2v) is 15.9. The van der Waals surface area contributed by atoms with Gasteiger partial charge in [-0.25, -0.2) is 8.78 Å². The second kappa shape index (κ2) is 17.7. The lowest BCUT2D eigenvalue weighted by Crippen LogP contribution is -2.32. The molecule has 0 radical (unpaired) electrons. The van der Waals surface area contributed by atoms with E-state index in [1.54, 1.807) is 0 Å². The van der Waals surface area contributed by atoms with E-state index < -0.39 is 40.7 Å². The number of nitrogen functional groups attached to an aromatic ring is 1. The molecule has 1 aromatic rings. The van der Waals surface area contributed by atoms with Gasteiger partial charge in [-0.15, -0.1) is 0 Å². The zero-order chi connectivity index (χ0) is 35.8. The average molecular weight is 693 g/mol. The van der Waals surface area contributed by atoms with Crippen LogP contribution in [0.4, 0.5) is 23.2 Å². The molecule has 4 rings (SSSR count). The van der Waals surface area contributed by atoms with Gasteiger partial charge in [-0.2, -0.15) is 8.78 Å². The largest absolute Gasteiger partial charge is 0.454 e. The van der Waals surface area contributed by atoms with E-state index in [2.05, 4.69) is 25.5 Å². The van der Waals surface area contributed by atoms with E-state index in [1.165, 1.54) is 45.2 Å². The van der Waals surface area contributed by atoms with Crippen molar-refractivity contribution >= 4 is 17.4 Å². The van der Waals surface area contributed by atoms with Crippen molar-refractivity contribution < 1.29 is 31.9 Å². The molecule has 9 heteroatoms. The van der Waals surface area contributed by atoms with Crippen LogP contribution in [0.2, 0.25) is 0 Å². The number of alkyl halides is 4. The molecular formula is C40H60F4N2O3. The number of esters is 1. The lowest BCUT2D eigenvalue weighted by atomic mass is 9.76. The van der Waals surface area contributed by atoms with Gasteiger partial charge >= 0.3 is 5.97 Å². The maximum absolute atomic E-state index is 14.8. The summed E-state index contributed by atoms with van der Waals surface area (Å²) < 4.78 is 64.7. The summed E-state index contributed by atoms with van der Waals surface area (Å²) in [7, 11) is 2.20. The standard InChI is InChI=1S/C40H60F4N2O3/c1-5-40(43,44)34-24-32(23-33(38(34)45)39(3,41)42)26-36(49-37(48)19-18-29-10-8-27(2)9-11-29)35(47)25-31-16-14-30(15-17-31)13-12-28-7-6-21-46(4)22-20-28/h5,23-24,27-31,36H,1,6-22,25-26,45H2,2-4H3/t27?,28?,29?,30?,31?,36-/m1/s1. The number of likely N-dealkylation sites (tertiary alicyclic amines) is 1. The molecule has 0 aromatic heterocycles. The third-order valence-electron chi connectivity index (χ3n) is 11.8. The maximum atomic E-state index is 14.8. The fourth-order valence-electron chi connectivity index (χ4n) is 8.38. The number of nitrogens with zero attached hydrogens (tertiary/aromatic N) is 1. The Morgan fingerprint density at radius 3 is 2.10 bits per heavy atom. The van der Waals surface area contributed by atoms with Crippen molar-refractivity contribution in [2.45, 2.75) is 141 Å². The predicted octanol–water partition coefficient (Wildman–Crippen LogP) is 10.00. The van der Waals surface area contributed by atoms with Crippen molar-refractivity contribution in [2.24, 2.45) is 29.6 Å². The summed E-state index contributed by atoms with van der Waals surface area (Å²) in [5.74, 6) is -5.29. The highest BCUT2D eigenvalue weighted by Crippen LogP contribution is 2.42. The topological polar surface area (TPSA) is 72.6 Å². The number of benzene rings is 1. The molecular weight excluding hydrogens is 632 g/mol. The van der Waals surface area contributed by atoms with Gasteiger partial charge in [0, 0.05) is 37.3 Å². The number of ketones is 1. The number of hydrogen-bond acceptors (Lipinski definition) is 5. The van der Waals surface area contributed by atoms with Gasteiger partial charge in [-0.05, 0) is 112 Å². The highest BCUT2D eigenvalue weighted by molar-refractivity contribution is 5.86. The van der Waals surface area contributed by atoms with E-state index in [-0.39, 0.29) is 36.5 Å². The minimum absolute atomic E-state index is 0.0445. The van der Waals surface area contributed by atoms with Crippen molar-refractivity contribution in [3.05, 3.63) is 41.5 Å². The number of carbonyl (C=O) groups excluding carboxylic acids is 2. The second-order valence-electron chi connectivity index (χ2n) is 15.9. The van der Waals surface area contributed by atoms with Crippen LogP contribution in [0.5, 0.6) is 0 Å². The summed E-state index contributed by atoms with van der Waals surface area (Å²) in [6.07, 6.45) is 14.5. The molecule has 0 spiro atoms. The Morgan fingerprint density at radius 1 is 0.898 bits per heavy atom. The van der Waals surface area contributed by atoms with Crippen molar-refractivity contribution in [3.8, 4) is 0 Å². The SMILES string of the molecule is C=CC(F)(F)c1cc(C[C@@H](OC(=O)CCC2CCC(C)CC2)C(=O)CC2CCC(CCC3CCCN(C)CC3)CC2)cc(C(C)(F)F)c1N. The van der Waals surface area contributed by atoms with Gasteiger partial charge in [-0.3, -0.25) is 9.59 Å². The number of allylic oxidation sites excluding steroid dienone is 1. The number of ether oxygens (including phenoxy) is 1. The first-order valence-corrected chi connectivity index (χ1v) is 18.9. The number of carbonyl (C=O) groups is 2. The molecule has 2 saturated carbocycles. The van der Waals surface area contributed by atoms with Crippen molar-refractivity contribution in [1.29, 1.82) is 0 Å². The van der Waals surface area contributed by atoms with Gasteiger partial charge in [-0.1, -0.05) is 64.9 Å². The van der Waals surface area contributed by atoms with E-state index in [9.17, 15) is 27.2 Å². The van der Waals surface area contributed by atoms with Crippen molar-refractivity contribution in [3.63, 3.8) is 0 Å². The molecule has 2 atom stereocenters. The fourth-order valence-corrected chi connectivity index (χ4v) is 8.38. The summed E-state index contributed by atoms with van der Waals surface area (Å²) in [5, 5.41) is 0. The summed E-state index contributed by atoms with van der Waals surface area (Å²) in [4.78, 5) is 29.4. The third kappa shape index (κ3) is 11.8. The smallest absolute Gasteiger partial charge is 0.306 e. The minimum Gasteiger partial charge on any atom is -0.454 e. The molecule has 1 heterocycles. The molecule has 2 N–H and O–H groups in total. The van der Waals surface area contributed by atoms with E-state index in [4.69, 9.17) is 10.5 Å². The number of hydrogen-bond donors (Lipinski definition) is 1. The van der Waals surface area contributed by atoms with Crippen LogP contribution < -0.4 is 5.73 Å². The molecule has 3 aliphatic rings. The molecule has 5 nitrogen and oxygen atoms in total. The Balaban J connectivity index is 1.43. The van der Waals surface area contributed by atoms with Gasteiger partial charge in [0.2, 0.25) is 0 Å². The fraction of sp³-hybridized carbons (Fsp3) is 0.750. The van der Waals surface area contributed by atoms with E-state index in [0.717, 1.165) is 69.4 Å². The normalized spacial score (nSPS) is 26.5. The van der Waals surface area contributed by atoms with Gasteiger partial charge in [0.1, 0.15) is 0 Å². The molecule has 0 bridgehead atoms. The Hall–Kier alpha value is -2.42. The first kappa shape index (κ1) is 39.4. The maximum Gasteiger partial charge on any atom is 0.306 e. The molecule has 49 heavy (non-hydrogen) atoms. The number of halogens is 4. The van der Waals surface area contributed by atoms with Crippen LogP contribution in [0.3, 0.4) is 0 Å². The lowest BCUT2D eigenvalue weighted by molar-refractivity contribution is -0.155. The van der Waals surface area contributed by atoms with E-state index in [1.807, 2.05) is 0 Å². The summed E-state index contributed by atoms with van der Waals surface area (Å²) in [6, 6.07) is 2.11. The summed E-state index contributed by atoms with van der Waals surface area (Å²) in [6.45, 7) is 8.33. The molecule has 1 saturated heterocycles. The molecule has 276 valence electrons. The van der Waals surface area contributed by atoms with Crippen LogP contribution in [-0.2, 0) is 32.6 Å². The molecule has 1 unspecified atom stereocenters. The van der Waals surface area contributed by atoms with Crippen LogP contribution in [0.25, 0.3) is 0 Å². The monoisotopic (exact) mass is 692 g/mol. The molecule has 3 fully saturated rings. The van der Waals surface area contributed by atoms with E-state index in [0.29, 0.717) is 37.2 Å². The Labute approximate surface area is 291 Å². The van der Waals surface area contributed by atoms with Crippen molar-refractivity contribution in [1.82, 2.24) is 4.90 Å². The van der Waals surface area contributed by atoms with Crippen LogP contribution in [0, 0.1) is 29.6 Å². The van der Waals surface area contributed by atoms with Crippen LogP contribution in [-0.4, -0.2) is 42.9 Å². The summed E-state index contributed by atoms with van der Waals surface area (Å²) in [5.41, 5.74) is 3.62. The quantitative estimate of drug-likeness (QED) is 0.0858. The molecule has 2 aliphatic carbocycles. The first-order chi connectivity index (χ1) is 23.1. The van der Waals surface area contributed by atoms with Gasteiger partial charge in [0.25, 0.3) is 11.8 Å². The van der Waals surface area contributed by atoms with Crippen LogP contribution in [0.15, 0.2) is 24.8 Å². The van der Waals surface area contributed by atoms with Gasteiger partial charge < -0.3 is 15.4 Å². The zero-order valence-electron chi connectivity index (χ0n) is 30.1. The Kier molecular flexibility index (Phi) is 14.2. The number of Topliss-reactive ketones (excluding diaryl/α,β-unsaturated/α-hetero) is 1. The van der Waals surface area contributed by atoms with Crippen molar-refractivity contribution in [2.75, 3.05) is 25.9 Å². The number of rotatable bonds is 15. The van der Waals surface area contributed by atoms with E-state index >= 15 is 0 Å². The molecule has 1 aromatic carbocycles. The zero-order valence-corrected chi connectivity index (χ0v) is 30.1. The minimum atomic E-state index is -3.67. The third-order valence-corrected chi connectivity index (χ3v) is 11.8. The Bertz CT molecular complexity index is 1250. The average Bonchev–Trinajstić information content (AvgIpc) is 3.27. The highest BCUT2D eigenvalue weighted by atomic mass is 19.3. The molecule has 0 amide bonds. The highest BCUT2D eigenvalue weighted by Gasteiger charge is 2.37. The Morgan fingerprint density at radius 2 is 1.47 bits per heavy atom. The van der Waals surface area contributed by atoms with Crippen LogP contribution in [0.1, 0.15) is 133 Å². The van der Waals surface area contributed by atoms with Crippen LogP contribution >= 0.6 is 0 Å². The molecule has 1 aliphatic heterocycles. The van der Waals surface area contributed by atoms with Gasteiger partial charge in [0.05, 0.1) is 5.69 Å². The number of anilines is 1. The van der Waals surface area contributed by atoms with Gasteiger partial charge in [0.15, 0.2) is 11.9 Å². The first-order valence-electron chi connectivity index (χ1n) is 18.9. The lowest BCUT2D eigenvalue weighted by Gasteiger charge is -2.30. The number of nitrogens with two attached hydrogens (primary N) is 1.